The number of nitrogens with zero attached hydrogens (tertiary/aromatic N) is 2. The number of rotatable bonds is 5. The molecule has 0 amide bonds. The van der Waals surface area contributed by atoms with Crippen LogP contribution in [-0.2, 0) is 6.54 Å². The molecule has 18 heavy (non-hydrogen) atoms. The van der Waals surface area contributed by atoms with Gasteiger partial charge in [0.05, 0.1) is 6.54 Å². The van der Waals surface area contributed by atoms with E-state index in [1.807, 2.05) is 6.20 Å². The Hall–Kier alpha value is -0.870. The van der Waals surface area contributed by atoms with Crippen molar-refractivity contribution in [3.63, 3.8) is 0 Å². The lowest BCUT2D eigenvalue weighted by molar-refractivity contribution is 0.130. The lowest BCUT2D eigenvalue weighted by Gasteiger charge is -2.36. The van der Waals surface area contributed by atoms with Crippen LogP contribution in [-0.4, -0.2) is 40.5 Å². The van der Waals surface area contributed by atoms with Gasteiger partial charge in [0.15, 0.2) is 0 Å². The molecule has 1 fully saturated rings. The SMILES string of the molecule is C[C@@H]1C[C@@H](C)CN(C[C@H](C)NCc2ncc[nH]2)C1. The zero-order valence-electron chi connectivity index (χ0n) is 11.8. The third-order valence-electron chi connectivity index (χ3n) is 3.65. The third-order valence-corrected chi connectivity index (χ3v) is 3.65. The zero-order valence-corrected chi connectivity index (χ0v) is 11.8. The summed E-state index contributed by atoms with van der Waals surface area (Å²) in [5.74, 6) is 2.69. The number of aromatic amines is 1. The molecule has 0 radical (unpaired) electrons. The minimum absolute atomic E-state index is 0.507. The molecule has 2 heterocycles. The van der Waals surface area contributed by atoms with Crippen LogP contribution in [0.15, 0.2) is 12.4 Å². The fourth-order valence-electron chi connectivity index (χ4n) is 3.06. The summed E-state index contributed by atoms with van der Waals surface area (Å²) in [6, 6.07) is 0.507. The van der Waals surface area contributed by atoms with Gasteiger partial charge in [-0.2, -0.15) is 0 Å². The highest BCUT2D eigenvalue weighted by atomic mass is 15.2. The van der Waals surface area contributed by atoms with Crippen molar-refractivity contribution in [3.05, 3.63) is 18.2 Å². The van der Waals surface area contributed by atoms with E-state index < -0.39 is 0 Å². The fourth-order valence-corrected chi connectivity index (χ4v) is 3.06. The van der Waals surface area contributed by atoms with E-state index in [1.165, 1.54) is 19.5 Å². The highest BCUT2D eigenvalue weighted by Crippen LogP contribution is 2.20. The van der Waals surface area contributed by atoms with Gasteiger partial charge in [-0.1, -0.05) is 13.8 Å². The van der Waals surface area contributed by atoms with Gasteiger partial charge in [0.2, 0.25) is 0 Å². The van der Waals surface area contributed by atoms with Gasteiger partial charge in [0.1, 0.15) is 5.82 Å². The lowest BCUT2D eigenvalue weighted by Crippen LogP contribution is -2.45. The van der Waals surface area contributed by atoms with Gasteiger partial charge in [-0.05, 0) is 25.2 Å². The standard InChI is InChI=1S/C14H26N4/c1-11-6-12(2)9-18(8-11)10-13(3)17-7-14-15-4-5-16-14/h4-5,11-13,17H,6-10H2,1-3H3,(H,15,16)/t11-,12-,13+/m1/s1. The average molecular weight is 250 g/mol. The van der Waals surface area contributed by atoms with Crippen molar-refractivity contribution in [2.45, 2.75) is 39.8 Å². The monoisotopic (exact) mass is 250 g/mol. The van der Waals surface area contributed by atoms with Crippen molar-refractivity contribution in [1.82, 2.24) is 20.2 Å². The molecule has 0 bridgehead atoms. The molecule has 1 saturated heterocycles. The van der Waals surface area contributed by atoms with E-state index in [0.29, 0.717) is 6.04 Å². The Kier molecular flexibility index (Phi) is 4.78. The molecule has 1 aliphatic rings. The van der Waals surface area contributed by atoms with Crippen LogP contribution in [0.4, 0.5) is 0 Å². The van der Waals surface area contributed by atoms with Gasteiger partial charge >= 0.3 is 0 Å². The smallest absolute Gasteiger partial charge is 0.120 e. The largest absolute Gasteiger partial charge is 0.348 e. The third kappa shape index (κ3) is 4.10. The van der Waals surface area contributed by atoms with Crippen molar-refractivity contribution in [1.29, 1.82) is 0 Å². The van der Waals surface area contributed by atoms with Gasteiger partial charge in [-0.3, -0.25) is 0 Å². The van der Waals surface area contributed by atoms with Crippen LogP contribution in [0.5, 0.6) is 0 Å². The highest BCUT2D eigenvalue weighted by Gasteiger charge is 2.22. The number of imidazole rings is 1. The van der Waals surface area contributed by atoms with E-state index in [-0.39, 0.29) is 0 Å². The summed E-state index contributed by atoms with van der Waals surface area (Å²) in [4.78, 5) is 9.95. The summed E-state index contributed by atoms with van der Waals surface area (Å²) < 4.78 is 0. The van der Waals surface area contributed by atoms with E-state index in [0.717, 1.165) is 30.7 Å². The molecule has 102 valence electrons. The number of hydrogen-bond donors (Lipinski definition) is 2. The minimum atomic E-state index is 0.507. The first kappa shape index (κ1) is 13.6. The quantitative estimate of drug-likeness (QED) is 0.838. The van der Waals surface area contributed by atoms with Crippen LogP contribution < -0.4 is 5.32 Å². The number of hydrogen-bond acceptors (Lipinski definition) is 3. The Morgan fingerprint density at radius 3 is 2.78 bits per heavy atom. The fraction of sp³-hybridized carbons (Fsp3) is 0.786. The summed E-state index contributed by atoms with van der Waals surface area (Å²) in [7, 11) is 0. The Balaban J connectivity index is 1.71. The van der Waals surface area contributed by atoms with E-state index >= 15 is 0 Å². The van der Waals surface area contributed by atoms with E-state index in [2.05, 4.69) is 41.0 Å². The highest BCUT2D eigenvalue weighted by molar-refractivity contribution is 4.87. The van der Waals surface area contributed by atoms with E-state index in [1.54, 1.807) is 6.20 Å². The molecule has 0 unspecified atom stereocenters. The second-order valence-electron chi connectivity index (χ2n) is 5.98. The lowest BCUT2D eigenvalue weighted by atomic mass is 9.92. The summed E-state index contributed by atoms with van der Waals surface area (Å²) in [5, 5.41) is 3.53. The maximum Gasteiger partial charge on any atom is 0.120 e. The van der Waals surface area contributed by atoms with Crippen molar-refractivity contribution in [2.24, 2.45) is 11.8 Å². The zero-order chi connectivity index (χ0) is 13.0. The Morgan fingerprint density at radius 1 is 1.44 bits per heavy atom. The minimum Gasteiger partial charge on any atom is -0.348 e. The first-order chi connectivity index (χ1) is 8.63. The van der Waals surface area contributed by atoms with Gasteiger partial charge < -0.3 is 15.2 Å². The molecule has 4 heteroatoms. The molecule has 1 aliphatic heterocycles. The first-order valence-electron chi connectivity index (χ1n) is 7.07. The van der Waals surface area contributed by atoms with Crippen molar-refractivity contribution < 1.29 is 0 Å². The van der Waals surface area contributed by atoms with E-state index in [9.17, 15) is 0 Å². The van der Waals surface area contributed by atoms with Gasteiger partial charge in [0, 0.05) is 38.1 Å². The molecule has 0 saturated carbocycles. The van der Waals surface area contributed by atoms with Crippen LogP contribution in [0.1, 0.15) is 33.0 Å². The molecule has 1 aromatic heterocycles. The molecular weight excluding hydrogens is 224 g/mol. The Morgan fingerprint density at radius 2 is 2.17 bits per heavy atom. The normalized spacial score (nSPS) is 27.3. The van der Waals surface area contributed by atoms with Crippen LogP contribution in [0.3, 0.4) is 0 Å². The second-order valence-corrected chi connectivity index (χ2v) is 5.98. The molecule has 0 aromatic carbocycles. The summed E-state index contributed by atoms with van der Waals surface area (Å²) >= 11 is 0. The summed E-state index contributed by atoms with van der Waals surface area (Å²) in [5.41, 5.74) is 0. The van der Waals surface area contributed by atoms with Crippen molar-refractivity contribution in [3.8, 4) is 0 Å². The Bertz CT molecular complexity index is 326. The summed E-state index contributed by atoms with van der Waals surface area (Å²) in [6.07, 6.45) is 5.05. The first-order valence-corrected chi connectivity index (χ1v) is 7.07. The topological polar surface area (TPSA) is 44.0 Å². The molecule has 3 atom stereocenters. The maximum atomic E-state index is 4.23. The number of likely N-dealkylation sites (tertiary alicyclic amines) is 1. The maximum absolute atomic E-state index is 4.23. The average Bonchev–Trinajstić information content (AvgIpc) is 2.77. The van der Waals surface area contributed by atoms with Gasteiger partial charge in [0.25, 0.3) is 0 Å². The van der Waals surface area contributed by atoms with Gasteiger partial charge in [-0.15, -0.1) is 0 Å². The van der Waals surface area contributed by atoms with Crippen molar-refractivity contribution >= 4 is 0 Å². The van der Waals surface area contributed by atoms with Crippen molar-refractivity contribution in [2.75, 3.05) is 19.6 Å². The van der Waals surface area contributed by atoms with E-state index in [4.69, 9.17) is 0 Å². The number of piperidine rings is 1. The van der Waals surface area contributed by atoms with Crippen LogP contribution in [0, 0.1) is 11.8 Å². The summed E-state index contributed by atoms with van der Waals surface area (Å²) in [6.45, 7) is 11.4. The molecular formula is C14H26N4. The molecule has 0 spiro atoms. The molecule has 0 aliphatic carbocycles. The molecule has 2 rings (SSSR count). The predicted molar refractivity (Wildman–Crippen MR) is 74.3 cm³/mol. The molecule has 2 N–H and O–H groups in total. The number of H-pyrrole nitrogens is 1. The van der Waals surface area contributed by atoms with Crippen LogP contribution in [0.2, 0.25) is 0 Å². The second kappa shape index (κ2) is 6.34. The molecule has 1 aromatic rings. The van der Waals surface area contributed by atoms with Crippen LogP contribution in [0.25, 0.3) is 0 Å². The Labute approximate surface area is 110 Å². The number of nitrogens with one attached hydrogen (secondary N) is 2. The predicted octanol–water partition coefficient (Wildman–Crippen LogP) is 1.87. The number of aromatic nitrogens is 2. The van der Waals surface area contributed by atoms with Crippen LogP contribution >= 0.6 is 0 Å². The molecule has 4 nitrogen and oxygen atoms in total. The van der Waals surface area contributed by atoms with Gasteiger partial charge in [-0.25, -0.2) is 4.98 Å².